The first-order valence-electron chi connectivity index (χ1n) is 5.97. The van der Waals surface area contributed by atoms with Crippen molar-refractivity contribution in [1.29, 1.82) is 0 Å². The van der Waals surface area contributed by atoms with E-state index in [9.17, 15) is 4.79 Å². The fourth-order valence-corrected chi connectivity index (χ4v) is 1.28. The third-order valence-corrected chi connectivity index (χ3v) is 2.05. The molecule has 0 rings (SSSR count). The lowest BCUT2D eigenvalue weighted by atomic mass is 10.0. The minimum atomic E-state index is -0.218. The van der Waals surface area contributed by atoms with Gasteiger partial charge in [-0.1, -0.05) is 26.8 Å². The molecule has 0 unspecified atom stereocenters. The summed E-state index contributed by atoms with van der Waals surface area (Å²) in [5.41, 5.74) is 0.757. The first kappa shape index (κ1) is 15.2. The molecule has 0 fully saturated rings. The van der Waals surface area contributed by atoms with Gasteiger partial charge in [-0.2, -0.15) is 0 Å². The monoisotopic (exact) mass is 228 g/mol. The molecule has 0 radical (unpaired) electrons. The summed E-state index contributed by atoms with van der Waals surface area (Å²) in [4.78, 5) is 11.7. The normalized spacial score (nSPS) is 12.3. The summed E-state index contributed by atoms with van der Waals surface area (Å²) in [6, 6.07) is 0. The van der Waals surface area contributed by atoms with Crippen LogP contribution in [0.5, 0.6) is 0 Å². The number of carbonyl (C=O) groups is 1. The van der Waals surface area contributed by atoms with Gasteiger partial charge in [0.2, 0.25) is 0 Å². The van der Waals surface area contributed by atoms with Crippen molar-refractivity contribution in [2.24, 2.45) is 5.92 Å². The van der Waals surface area contributed by atoms with E-state index in [1.807, 2.05) is 40.7 Å². The van der Waals surface area contributed by atoms with Crippen LogP contribution in [0.4, 0.5) is 0 Å². The maximum absolute atomic E-state index is 11.7. The van der Waals surface area contributed by atoms with Crippen molar-refractivity contribution in [1.82, 2.24) is 0 Å². The van der Waals surface area contributed by atoms with Crippen LogP contribution in [0.2, 0.25) is 0 Å². The van der Waals surface area contributed by atoms with Crippen LogP contribution >= 0.6 is 0 Å². The fraction of sp³-hybridized carbons (Fsp3) is 0.769. The summed E-state index contributed by atoms with van der Waals surface area (Å²) in [5, 5.41) is 0. The molecule has 0 aliphatic rings. The third-order valence-electron chi connectivity index (χ3n) is 2.05. The van der Waals surface area contributed by atoms with Gasteiger partial charge < -0.3 is 9.47 Å². The van der Waals surface area contributed by atoms with Gasteiger partial charge in [-0.3, -0.25) is 0 Å². The highest BCUT2D eigenvalue weighted by Crippen LogP contribution is 2.12. The summed E-state index contributed by atoms with van der Waals surface area (Å²) < 4.78 is 10.4. The summed E-state index contributed by atoms with van der Waals surface area (Å²) in [7, 11) is 0. The predicted molar refractivity (Wildman–Crippen MR) is 65.3 cm³/mol. The molecule has 3 heteroatoms. The minimum Gasteiger partial charge on any atom is -0.460 e. The zero-order valence-corrected chi connectivity index (χ0v) is 11.1. The van der Waals surface area contributed by atoms with Gasteiger partial charge in [0.15, 0.2) is 0 Å². The Kier molecular flexibility index (Phi) is 7.90. The van der Waals surface area contributed by atoms with Gasteiger partial charge in [0.05, 0.1) is 12.7 Å². The Hall–Kier alpha value is -0.830. The molecule has 0 aromatic heterocycles. The third kappa shape index (κ3) is 6.62. The Balaban J connectivity index is 3.98. The summed E-state index contributed by atoms with van der Waals surface area (Å²) >= 11 is 0. The number of hydrogen-bond acceptors (Lipinski definition) is 3. The van der Waals surface area contributed by atoms with Gasteiger partial charge in [-0.05, 0) is 26.2 Å². The topological polar surface area (TPSA) is 35.5 Å². The van der Waals surface area contributed by atoms with Gasteiger partial charge in [0, 0.05) is 5.57 Å². The van der Waals surface area contributed by atoms with Crippen molar-refractivity contribution in [3.63, 3.8) is 0 Å². The molecule has 0 N–H and O–H groups in total. The van der Waals surface area contributed by atoms with Crippen LogP contribution < -0.4 is 0 Å². The molecular weight excluding hydrogens is 204 g/mol. The molecule has 0 aliphatic carbocycles. The molecule has 94 valence electrons. The summed E-state index contributed by atoms with van der Waals surface area (Å²) in [5.74, 6) is -0.0114. The number of rotatable bonds is 7. The summed E-state index contributed by atoms with van der Waals surface area (Å²) in [6.45, 7) is 10.7. The second-order valence-electron chi connectivity index (χ2n) is 4.28. The van der Waals surface area contributed by atoms with Crippen LogP contribution in [-0.2, 0) is 14.3 Å². The lowest BCUT2D eigenvalue weighted by Crippen LogP contribution is -2.17. The molecule has 0 amide bonds. The lowest BCUT2D eigenvalue weighted by Gasteiger charge is -2.12. The number of allylic oxidation sites excluding steroid dienone is 1. The van der Waals surface area contributed by atoms with Crippen LogP contribution in [0.25, 0.3) is 0 Å². The molecular formula is C13H24O3. The fourth-order valence-electron chi connectivity index (χ4n) is 1.28. The smallest absolute Gasteiger partial charge is 0.334 e. The highest BCUT2D eigenvalue weighted by Gasteiger charge is 2.13. The van der Waals surface area contributed by atoms with Crippen LogP contribution in [0.1, 0.15) is 41.0 Å². The maximum Gasteiger partial charge on any atom is 0.334 e. The van der Waals surface area contributed by atoms with E-state index in [0.29, 0.717) is 13.2 Å². The number of ether oxygens (including phenoxy) is 2. The van der Waals surface area contributed by atoms with E-state index >= 15 is 0 Å². The van der Waals surface area contributed by atoms with Crippen molar-refractivity contribution >= 4 is 5.97 Å². The molecule has 0 aromatic rings. The number of esters is 1. The quantitative estimate of drug-likeness (QED) is 0.382. The van der Waals surface area contributed by atoms with Gasteiger partial charge in [0.25, 0.3) is 0 Å². The molecule has 3 nitrogen and oxygen atoms in total. The molecule has 0 bridgehead atoms. The Morgan fingerprint density at radius 1 is 1.19 bits per heavy atom. The van der Waals surface area contributed by atoms with Crippen molar-refractivity contribution in [3.05, 3.63) is 11.6 Å². The average Bonchev–Trinajstić information content (AvgIpc) is 2.19. The van der Waals surface area contributed by atoms with Gasteiger partial charge in [0.1, 0.15) is 6.61 Å². The van der Waals surface area contributed by atoms with Crippen LogP contribution in [-0.4, -0.2) is 25.3 Å². The van der Waals surface area contributed by atoms with E-state index in [1.165, 1.54) is 0 Å². The largest absolute Gasteiger partial charge is 0.460 e. The molecule has 0 saturated carbocycles. The number of carbonyl (C=O) groups excluding carboxylic acids is 1. The van der Waals surface area contributed by atoms with Crippen molar-refractivity contribution in [3.8, 4) is 0 Å². The molecule has 16 heavy (non-hydrogen) atoms. The van der Waals surface area contributed by atoms with E-state index in [-0.39, 0.29) is 18.0 Å². The minimum absolute atomic E-state index is 0.175. The van der Waals surface area contributed by atoms with Gasteiger partial charge in [-0.25, -0.2) is 4.79 Å². The average molecular weight is 228 g/mol. The lowest BCUT2D eigenvalue weighted by molar-refractivity contribution is -0.141. The molecule has 0 spiro atoms. The molecule has 0 aliphatic heterocycles. The molecule has 0 saturated heterocycles. The van der Waals surface area contributed by atoms with Crippen molar-refractivity contribution < 1.29 is 14.3 Å². The van der Waals surface area contributed by atoms with Crippen molar-refractivity contribution in [2.45, 2.75) is 47.1 Å². The summed E-state index contributed by atoms with van der Waals surface area (Å²) in [6.07, 6.45) is 2.95. The SMILES string of the molecule is CCC=C(C(=O)OCCOC(C)C)C(C)C. The van der Waals surface area contributed by atoms with Gasteiger partial charge >= 0.3 is 5.97 Å². The van der Waals surface area contributed by atoms with E-state index in [0.717, 1.165) is 12.0 Å². The van der Waals surface area contributed by atoms with Crippen LogP contribution in [0.15, 0.2) is 11.6 Å². The van der Waals surface area contributed by atoms with Crippen LogP contribution in [0, 0.1) is 5.92 Å². The first-order valence-corrected chi connectivity index (χ1v) is 5.97. The van der Waals surface area contributed by atoms with E-state index in [2.05, 4.69) is 0 Å². The standard InChI is InChI=1S/C13H24O3/c1-6-7-12(10(2)3)13(14)16-9-8-15-11(4)5/h7,10-11H,6,8-9H2,1-5H3. The molecule has 0 atom stereocenters. The zero-order chi connectivity index (χ0) is 12.6. The highest BCUT2D eigenvalue weighted by atomic mass is 16.6. The Morgan fingerprint density at radius 3 is 2.25 bits per heavy atom. The van der Waals surface area contributed by atoms with E-state index in [1.54, 1.807) is 0 Å². The van der Waals surface area contributed by atoms with E-state index in [4.69, 9.17) is 9.47 Å². The maximum atomic E-state index is 11.7. The highest BCUT2D eigenvalue weighted by molar-refractivity contribution is 5.88. The second-order valence-corrected chi connectivity index (χ2v) is 4.28. The van der Waals surface area contributed by atoms with E-state index < -0.39 is 0 Å². The zero-order valence-electron chi connectivity index (χ0n) is 11.1. The Morgan fingerprint density at radius 2 is 1.81 bits per heavy atom. The number of hydrogen-bond donors (Lipinski definition) is 0. The first-order chi connectivity index (χ1) is 7.49. The Labute approximate surface area is 98.8 Å². The van der Waals surface area contributed by atoms with Crippen molar-refractivity contribution in [2.75, 3.05) is 13.2 Å². The predicted octanol–water partition coefficient (Wildman–Crippen LogP) is 2.95. The van der Waals surface area contributed by atoms with Gasteiger partial charge in [-0.15, -0.1) is 0 Å². The molecule has 0 aromatic carbocycles. The molecule has 0 heterocycles. The van der Waals surface area contributed by atoms with Crippen LogP contribution in [0.3, 0.4) is 0 Å². The Bertz CT molecular complexity index is 229. The second kappa shape index (κ2) is 8.34.